The zero-order chi connectivity index (χ0) is 25.3. The summed E-state index contributed by atoms with van der Waals surface area (Å²) in [7, 11) is 0. The number of pyridine rings is 1. The Morgan fingerprint density at radius 2 is 1.76 bits per heavy atom. The summed E-state index contributed by atoms with van der Waals surface area (Å²) in [6, 6.07) is 30.0. The molecule has 0 radical (unpaired) electrons. The minimum Gasteiger partial charge on any atom is -0.381 e. The van der Waals surface area contributed by atoms with Crippen LogP contribution in [0.15, 0.2) is 110 Å². The molecule has 3 aromatic carbocycles. The molecule has 38 heavy (non-hydrogen) atoms. The van der Waals surface area contributed by atoms with E-state index in [-0.39, 0.29) is 6.04 Å². The van der Waals surface area contributed by atoms with Gasteiger partial charge in [-0.1, -0.05) is 54.6 Å². The third-order valence-corrected chi connectivity index (χ3v) is 7.14. The van der Waals surface area contributed by atoms with Crippen molar-refractivity contribution in [3.05, 3.63) is 132 Å². The lowest BCUT2D eigenvalue weighted by atomic mass is 9.87. The number of anilines is 2. The molecule has 6 aromatic rings. The number of benzene rings is 3. The normalized spacial score (nSPS) is 14.5. The lowest BCUT2D eigenvalue weighted by molar-refractivity contribution is 0.991. The molecule has 0 aliphatic carbocycles. The summed E-state index contributed by atoms with van der Waals surface area (Å²) in [5.41, 5.74) is 11.1. The molecule has 0 spiro atoms. The highest BCUT2D eigenvalue weighted by Crippen LogP contribution is 2.43. The predicted octanol–water partition coefficient (Wildman–Crippen LogP) is 7.27. The van der Waals surface area contributed by atoms with E-state index in [0.29, 0.717) is 0 Å². The van der Waals surface area contributed by atoms with Gasteiger partial charge in [-0.25, -0.2) is 0 Å². The van der Waals surface area contributed by atoms with Gasteiger partial charge in [-0.05, 0) is 58.7 Å². The van der Waals surface area contributed by atoms with Gasteiger partial charge in [0.05, 0.1) is 17.9 Å². The van der Waals surface area contributed by atoms with E-state index in [2.05, 4.69) is 116 Å². The Kier molecular flexibility index (Phi) is 5.48. The second kappa shape index (κ2) is 9.41. The Morgan fingerprint density at radius 3 is 2.61 bits per heavy atom. The molecule has 0 saturated heterocycles. The molecule has 1 aliphatic rings. The molecule has 1 aliphatic heterocycles. The first-order valence-electron chi connectivity index (χ1n) is 12.7. The lowest BCUT2D eigenvalue weighted by Gasteiger charge is -2.30. The van der Waals surface area contributed by atoms with Crippen molar-refractivity contribution >= 4 is 33.9 Å². The van der Waals surface area contributed by atoms with Crippen molar-refractivity contribution in [2.45, 2.75) is 12.6 Å². The fourth-order valence-corrected chi connectivity index (χ4v) is 5.17. The van der Waals surface area contributed by atoms with E-state index in [0.717, 1.165) is 40.3 Å². The van der Waals surface area contributed by atoms with Crippen LogP contribution in [0.2, 0.25) is 0 Å². The molecule has 4 heterocycles. The molecule has 0 bridgehead atoms. The molecule has 0 fully saturated rings. The van der Waals surface area contributed by atoms with Crippen LogP contribution < -0.4 is 10.6 Å². The molecule has 7 rings (SSSR count). The van der Waals surface area contributed by atoms with Gasteiger partial charge in [0, 0.05) is 58.5 Å². The van der Waals surface area contributed by atoms with Crippen LogP contribution in [0.3, 0.4) is 0 Å². The number of fused-ring (bicyclic) bond motifs is 2. The van der Waals surface area contributed by atoms with Crippen LogP contribution in [0.4, 0.5) is 11.4 Å². The molecule has 1 unspecified atom stereocenters. The molecule has 184 valence electrons. The quantitative estimate of drug-likeness (QED) is 0.196. The molecule has 4 N–H and O–H groups in total. The van der Waals surface area contributed by atoms with E-state index in [1.807, 2.05) is 30.9 Å². The maximum atomic E-state index is 4.68. The molecule has 1 atom stereocenters. The van der Waals surface area contributed by atoms with Crippen LogP contribution in [-0.2, 0) is 6.54 Å². The second-order valence-corrected chi connectivity index (χ2v) is 9.53. The van der Waals surface area contributed by atoms with Crippen molar-refractivity contribution in [2.24, 2.45) is 0 Å². The van der Waals surface area contributed by atoms with Gasteiger partial charge in [-0.2, -0.15) is 5.10 Å². The first kappa shape index (κ1) is 22.1. The fraction of sp³-hybridized carbons (Fsp3) is 0.0625. The van der Waals surface area contributed by atoms with Crippen LogP contribution in [0.25, 0.3) is 33.8 Å². The predicted molar refractivity (Wildman–Crippen MR) is 155 cm³/mol. The first-order valence-corrected chi connectivity index (χ1v) is 12.7. The minimum absolute atomic E-state index is 0.0162. The van der Waals surface area contributed by atoms with Crippen molar-refractivity contribution < 1.29 is 0 Å². The van der Waals surface area contributed by atoms with Gasteiger partial charge < -0.3 is 15.6 Å². The average Bonchev–Trinajstić information content (AvgIpc) is 3.68. The summed E-state index contributed by atoms with van der Waals surface area (Å²) in [5.74, 6) is 0. The smallest absolute Gasteiger partial charge is 0.0826 e. The number of nitrogens with zero attached hydrogens (tertiary/aromatic N) is 2. The van der Waals surface area contributed by atoms with E-state index in [1.54, 1.807) is 0 Å². The molecule has 0 saturated carbocycles. The Bertz CT molecular complexity index is 1730. The van der Waals surface area contributed by atoms with E-state index in [4.69, 9.17) is 0 Å². The lowest BCUT2D eigenvalue weighted by Crippen LogP contribution is -2.18. The number of nitrogens with one attached hydrogen (secondary N) is 4. The summed E-state index contributed by atoms with van der Waals surface area (Å²) in [6.45, 7) is 0.762. The highest BCUT2D eigenvalue weighted by atomic mass is 15.1. The van der Waals surface area contributed by atoms with Crippen LogP contribution in [0.1, 0.15) is 28.3 Å². The van der Waals surface area contributed by atoms with Gasteiger partial charge in [0.15, 0.2) is 0 Å². The first-order chi connectivity index (χ1) is 18.8. The van der Waals surface area contributed by atoms with Gasteiger partial charge in [-0.15, -0.1) is 0 Å². The highest BCUT2D eigenvalue weighted by Gasteiger charge is 2.26. The van der Waals surface area contributed by atoms with Crippen molar-refractivity contribution in [3.63, 3.8) is 0 Å². The van der Waals surface area contributed by atoms with Gasteiger partial charge in [-0.3, -0.25) is 10.1 Å². The molecule has 6 nitrogen and oxygen atoms in total. The van der Waals surface area contributed by atoms with E-state index in [9.17, 15) is 0 Å². The summed E-state index contributed by atoms with van der Waals surface area (Å²) < 4.78 is 0. The van der Waals surface area contributed by atoms with Crippen LogP contribution >= 0.6 is 0 Å². The van der Waals surface area contributed by atoms with Crippen LogP contribution in [-0.4, -0.2) is 20.2 Å². The van der Waals surface area contributed by atoms with E-state index >= 15 is 0 Å². The van der Waals surface area contributed by atoms with Crippen molar-refractivity contribution in [3.8, 4) is 11.3 Å². The average molecular weight is 495 g/mol. The minimum atomic E-state index is 0.0162. The number of hydrogen-bond donors (Lipinski definition) is 4. The van der Waals surface area contributed by atoms with E-state index in [1.165, 1.54) is 27.6 Å². The SMILES string of the molecule is C1=C(c2ccccc2)C(c2ccc(CNc3ccc4[nH]ccc4c3)cc2)Nc2ccnc(-c3cn[nH]c3)c21. The number of aromatic amines is 2. The Balaban J connectivity index is 1.19. The van der Waals surface area contributed by atoms with Gasteiger partial charge in [0.25, 0.3) is 0 Å². The number of rotatable bonds is 6. The van der Waals surface area contributed by atoms with Crippen LogP contribution in [0, 0.1) is 0 Å². The fourth-order valence-electron chi connectivity index (χ4n) is 5.17. The standard InChI is InChI=1S/C32H26N6/c1-2-4-22(5-3-1)27-17-28-30(13-15-34-31(28)25-19-36-37-20-25)38-32(27)23-8-6-21(7-9-23)18-35-26-10-11-29-24(16-26)12-14-33-29/h1-17,19-20,32-33,35,38H,18H2,(H,36,37). The largest absolute Gasteiger partial charge is 0.381 e. The Labute approximate surface area is 220 Å². The second-order valence-electron chi connectivity index (χ2n) is 9.53. The number of hydrogen-bond acceptors (Lipinski definition) is 4. The van der Waals surface area contributed by atoms with Gasteiger partial charge in [0.1, 0.15) is 0 Å². The van der Waals surface area contributed by atoms with Crippen molar-refractivity contribution in [2.75, 3.05) is 10.6 Å². The maximum absolute atomic E-state index is 4.68. The third kappa shape index (κ3) is 4.12. The maximum Gasteiger partial charge on any atom is 0.0826 e. The van der Waals surface area contributed by atoms with Crippen molar-refractivity contribution in [1.82, 2.24) is 20.2 Å². The van der Waals surface area contributed by atoms with Gasteiger partial charge >= 0.3 is 0 Å². The molecular weight excluding hydrogens is 468 g/mol. The zero-order valence-corrected chi connectivity index (χ0v) is 20.6. The monoisotopic (exact) mass is 494 g/mol. The molecule has 6 heteroatoms. The summed E-state index contributed by atoms with van der Waals surface area (Å²) in [4.78, 5) is 7.92. The molecule has 0 amide bonds. The van der Waals surface area contributed by atoms with Crippen LogP contribution in [0.5, 0.6) is 0 Å². The Hall–Kier alpha value is -5.10. The zero-order valence-electron chi connectivity index (χ0n) is 20.6. The Morgan fingerprint density at radius 1 is 0.868 bits per heavy atom. The van der Waals surface area contributed by atoms with Crippen molar-refractivity contribution in [1.29, 1.82) is 0 Å². The molecular formula is C32H26N6. The summed E-state index contributed by atoms with van der Waals surface area (Å²) >= 11 is 0. The summed E-state index contributed by atoms with van der Waals surface area (Å²) in [6.07, 6.45) is 9.79. The summed E-state index contributed by atoms with van der Waals surface area (Å²) in [5, 5.41) is 15.6. The number of H-pyrrole nitrogens is 2. The third-order valence-electron chi connectivity index (χ3n) is 7.14. The highest BCUT2D eigenvalue weighted by molar-refractivity contribution is 5.96. The van der Waals surface area contributed by atoms with Gasteiger partial charge in [0.2, 0.25) is 0 Å². The topological polar surface area (TPSA) is 81.4 Å². The number of aromatic nitrogens is 4. The van der Waals surface area contributed by atoms with E-state index < -0.39 is 0 Å². The molecule has 3 aromatic heterocycles.